The third-order valence-electron chi connectivity index (χ3n) is 6.93. The Kier molecular flexibility index (Phi) is 7.41. The first-order valence-corrected chi connectivity index (χ1v) is 14.5. The molecule has 0 radical (unpaired) electrons. The fraction of sp³-hybridized carbons (Fsp3) is 0.423. The summed E-state index contributed by atoms with van der Waals surface area (Å²) in [4.78, 5) is 37.9. The first-order valence-electron chi connectivity index (χ1n) is 12.5. The number of carbonyl (C=O) groups is 2. The van der Waals surface area contributed by atoms with Gasteiger partial charge < -0.3 is 19.1 Å². The predicted molar refractivity (Wildman–Crippen MR) is 137 cm³/mol. The van der Waals surface area contributed by atoms with Crippen LogP contribution in [0.2, 0.25) is 0 Å². The zero-order valence-corrected chi connectivity index (χ0v) is 21.8. The zero-order chi connectivity index (χ0) is 26.7. The molecular formula is C26H29N5O6S. The van der Waals surface area contributed by atoms with E-state index in [1.54, 1.807) is 29.2 Å². The van der Waals surface area contributed by atoms with Gasteiger partial charge >= 0.3 is 0 Å². The lowest BCUT2D eigenvalue weighted by atomic mass is 10.0. The number of rotatable bonds is 7. The number of piperidine rings is 1. The number of amides is 2. The number of hydrogen-bond acceptors (Lipinski definition) is 9. The number of aromatic nitrogens is 3. The van der Waals surface area contributed by atoms with E-state index in [1.807, 2.05) is 18.2 Å². The van der Waals surface area contributed by atoms with Crippen molar-refractivity contribution in [1.29, 1.82) is 0 Å². The molecule has 2 amide bonds. The van der Waals surface area contributed by atoms with Gasteiger partial charge in [0.25, 0.3) is 11.8 Å². The molecule has 3 aromatic rings. The van der Waals surface area contributed by atoms with Gasteiger partial charge in [-0.1, -0.05) is 23.4 Å². The molecule has 5 rings (SSSR count). The molecule has 38 heavy (non-hydrogen) atoms. The Bertz CT molecular complexity index is 1410. The summed E-state index contributed by atoms with van der Waals surface area (Å²) in [6, 6.07) is 12.0. The van der Waals surface area contributed by atoms with Crippen LogP contribution in [0.15, 0.2) is 53.2 Å². The molecule has 200 valence electrons. The molecule has 0 spiro atoms. The maximum atomic E-state index is 13.0. The van der Waals surface area contributed by atoms with Crippen LogP contribution in [0.5, 0.6) is 5.75 Å². The lowest BCUT2D eigenvalue weighted by Gasteiger charge is -2.33. The summed E-state index contributed by atoms with van der Waals surface area (Å²) in [6.45, 7) is 0.982. The van der Waals surface area contributed by atoms with Gasteiger partial charge in [-0.05, 0) is 49.9 Å². The van der Waals surface area contributed by atoms with Gasteiger partial charge in [0.2, 0.25) is 11.7 Å². The summed E-state index contributed by atoms with van der Waals surface area (Å²) in [5.74, 6) is 0.731. The highest BCUT2D eigenvalue weighted by Gasteiger charge is 2.34. The molecule has 2 aliphatic rings. The van der Waals surface area contributed by atoms with Gasteiger partial charge in [0, 0.05) is 37.7 Å². The molecule has 11 nitrogen and oxygen atoms in total. The molecule has 2 atom stereocenters. The number of pyridine rings is 1. The van der Waals surface area contributed by atoms with E-state index in [9.17, 15) is 18.0 Å². The average molecular weight is 540 g/mol. The second-order valence-corrected chi connectivity index (χ2v) is 11.9. The quantitative estimate of drug-likeness (QED) is 0.444. The van der Waals surface area contributed by atoms with E-state index in [0.29, 0.717) is 43.1 Å². The Labute approximate surface area is 220 Å². The maximum absolute atomic E-state index is 13.0. The van der Waals surface area contributed by atoms with E-state index in [-0.39, 0.29) is 42.5 Å². The summed E-state index contributed by atoms with van der Waals surface area (Å²) in [7, 11) is -3.22. The van der Waals surface area contributed by atoms with Crippen molar-refractivity contribution >= 4 is 21.7 Å². The lowest BCUT2D eigenvalue weighted by Crippen LogP contribution is -2.41. The number of likely N-dealkylation sites (tertiary alicyclic amines) is 2. The van der Waals surface area contributed by atoms with Crippen molar-refractivity contribution in [2.24, 2.45) is 0 Å². The van der Waals surface area contributed by atoms with Gasteiger partial charge in [0.15, 0.2) is 16.4 Å². The summed E-state index contributed by atoms with van der Waals surface area (Å²) in [5, 5.41) is 3.54. The molecule has 0 N–H and O–H groups in total. The van der Waals surface area contributed by atoms with Crippen LogP contribution in [0, 0.1) is 0 Å². The van der Waals surface area contributed by atoms with Crippen molar-refractivity contribution in [3.63, 3.8) is 0 Å². The SMILES string of the molecule is CS(=O)(=O)C1CCN(C(=O)c2cc(-c3noc(C4CCCCN4C(=O)COc4ccccc4)n3)ccn2)C1. The van der Waals surface area contributed by atoms with Crippen LogP contribution in [-0.4, -0.2) is 82.9 Å². The smallest absolute Gasteiger partial charge is 0.272 e. The molecule has 4 heterocycles. The molecule has 12 heteroatoms. The van der Waals surface area contributed by atoms with Gasteiger partial charge in [0.1, 0.15) is 17.5 Å². The van der Waals surface area contributed by atoms with Gasteiger partial charge in [-0.3, -0.25) is 14.6 Å². The van der Waals surface area contributed by atoms with E-state index >= 15 is 0 Å². The van der Waals surface area contributed by atoms with Crippen LogP contribution >= 0.6 is 0 Å². The second kappa shape index (κ2) is 10.9. The van der Waals surface area contributed by atoms with E-state index < -0.39 is 15.1 Å². The van der Waals surface area contributed by atoms with Gasteiger partial charge in [-0.2, -0.15) is 4.98 Å². The molecule has 0 saturated carbocycles. The van der Waals surface area contributed by atoms with Crippen molar-refractivity contribution in [2.75, 3.05) is 32.5 Å². The van der Waals surface area contributed by atoms with Crippen molar-refractivity contribution in [2.45, 2.75) is 37.0 Å². The highest BCUT2D eigenvalue weighted by atomic mass is 32.2. The minimum atomic E-state index is -3.22. The van der Waals surface area contributed by atoms with Crippen molar-refractivity contribution in [3.8, 4) is 17.1 Å². The van der Waals surface area contributed by atoms with Crippen LogP contribution < -0.4 is 4.74 Å². The van der Waals surface area contributed by atoms with E-state index in [1.165, 1.54) is 17.4 Å². The number of benzene rings is 1. The molecule has 2 fully saturated rings. The Hall–Kier alpha value is -3.80. The summed E-state index contributed by atoms with van der Waals surface area (Å²) in [5.41, 5.74) is 0.717. The number of ether oxygens (including phenoxy) is 1. The van der Waals surface area contributed by atoms with Gasteiger partial charge in [-0.25, -0.2) is 8.42 Å². The van der Waals surface area contributed by atoms with Crippen molar-refractivity contribution in [3.05, 3.63) is 60.2 Å². The Morgan fingerprint density at radius 1 is 1.11 bits per heavy atom. The maximum Gasteiger partial charge on any atom is 0.272 e. The highest BCUT2D eigenvalue weighted by Crippen LogP contribution is 2.31. The molecular weight excluding hydrogens is 510 g/mol. The average Bonchev–Trinajstić information content (AvgIpc) is 3.63. The lowest BCUT2D eigenvalue weighted by molar-refractivity contribution is -0.138. The normalized spacial score (nSPS) is 19.9. The Morgan fingerprint density at radius 2 is 1.92 bits per heavy atom. The van der Waals surface area contributed by atoms with Crippen LogP contribution in [0.25, 0.3) is 11.4 Å². The summed E-state index contributed by atoms with van der Waals surface area (Å²) in [6.07, 6.45) is 5.57. The topological polar surface area (TPSA) is 136 Å². The molecule has 2 unspecified atom stereocenters. The van der Waals surface area contributed by atoms with Gasteiger partial charge in [0.05, 0.1) is 5.25 Å². The molecule has 1 aromatic carbocycles. The fourth-order valence-corrected chi connectivity index (χ4v) is 5.81. The van der Waals surface area contributed by atoms with Crippen LogP contribution in [-0.2, 0) is 14.6 Å². The second-order valence-electron chi connectivity index (χ2n) is 9.58. The molecule has 0 bridgehead atoms. The predicted octanol–water partition coefficient (Wildman–Crippen LogP) is 2.52. The largest absolute Gasteiger partial charge is 0.484 e. The monoisotopic (exact) mass is 539 g/mol. The number of hydrogen-bond donors (Lipinski definition) is 0. The van der Waals surface area contributed by atoms with E-state index in [0.717, 1.165) is 12.8 Å². The van der Waals surface area contributed by atoms with Crippen LogP contribution in [0.1, 0.15) is 48.1 Å². The number of sulfone groups is 1. The van der Waals surface area contributed by atoms with Crippen molar-refractivity contribution < 1.29 is 27.3 Å². The number of nitrogens with zero attached hydrogens (tertiary/aromatic N) is 5. The Balaban J connectivity index is 1.28. The minimum Gasteiger partial charge on any atom is -0.484 e. The first kappa shape index (κ1) is 25.8. The minimum absolute atomic E-state index is 0.0893. The third-order valence-corrected chi connectivity index (χ3v) is 8.53. The Morgan fingerprint density at radius 3 is 2.68 bits per heavy atom. The van der Waals surface area contributed by atoms with E-state index in [4.69, 9.17) is 9.26 Å². The zero-order valence-electron chi connectivity index (χ0n) is 21.0. The molecule has 0 aliphatic carbocycles. The van der Waals surface area contributed by atoms with E-state index in [2.05, 4.69) is 15.1 Å². The fourth-order valence-electron chi connectivity index (χ4n) is 4.83. The summed E-state index contributed by atoms with van der Waals surface area (Å²) < 4.78 is 35.0. The number of carbonyl (C=O) groups excluding carboxylic acids is 2. The number of para-hydroxylation sites is 1. The molecule has 2 aromatic heterocycles. The first-order chi connectivity index (χ1) is 18.3. The summed E-state index contributed by atoms with van der Waals surface area (Å²) >= 11 is 0. The highest BCUT2D eigenvalue weighted by molar-refractivity contribution is 7.91. The van der Waals surface area contributed by atoms with Crippen LogP contribution in [0.3, 0.4) is 0 Å². The van der Waals surface area contributed by atoms with Crippen LogP contribution in [0.4, 0.5) is 0 Å². The third kappa shape index (κ3) is 5.69. The van der Waals surface area contributed by atoms with Gasteiger partial charge in [-0.15, -0.1) is 0 Å². The standard InChI is InChI=1S/C26H29N5O6S/c1-38(34,35)20-11-14-30(16-20)26(33)21-15-18(10-12-27-21)24-28-25(37-29-24)22-9-5-6-13-31(22)23(32)17-36-19-7-3-2-4-8-19/h2-4,7-8,10,12,15,20,22H,5-6,9,11,13-14,16-17H2,1H3. The molecule has 2 saturated heterocycles. The molecule has 2 aliphatic heterocycles. The van der Waals surface area contributed by atoms with Crippen molar-refractivity contribution in [1.82, 2.24) is 24.9 Å².